The maximum absolute atomic E-state index is 10.7. The summed E-state index contributed by atoms with van der Waals surface area (Å²) < 4.78 is 5.23. The highest BCUT2D eigenvalue weighted by Gasteiger charge is 2.33. The molecule has 0 aromatic heterocycles. The van der Waals surface area contributed by atoms with E-state index in [1.165, 1.54) is 0 Å². The van der Waals surface area contributed by atoms with Crippen LogP contribution in [0.25, 0.3) is 0 Å². The number of nitrogens with two attached hydrogens (primary N) is 1. The van der Waals surface area contributed by atoms with Crippen LogP contribution in [-0.2, 0) is 9.53 Å². The fourth-order valence-corrected chi connectivity index (χ4v) is 2.01. The second kappa shape index (κ2) is 4.58. The number of methoxy groups -OCH3 is 1. The highest BCUT2D eigenvalue weighted by molar-refractivity contribution is 5.73. The number of hydrogen-bond acceptors (Lipinski definition) is 3. The monoisotopic (exact) mass is 187 g/mol. The summed E-state index contributed by atoms with van der Waals surface area (Å²) in [5.74, 6) is -0.940. The lowest BCUT2D eigenvalue weighted by molar-refractivity contribution is -0.142. The van der Waals surface area contributed by atoms with Crippen LogP contribution in [0.2, 0.25) is 0 Å². The van der Waals surface area contributed by atoms with E-state index in [4.69, 9.17) is 15.6 Å². The van der Waals surface area contributed by atoms with Gasteiger partial charge in [-0.05, 0) is 12.8 Å². The largest absolute Gasteiger partial charge is 0.480 e. The van der Waals surface area contributed by atoms with E-state index in [0.29, 0.717) is 0 Å². The molecule has 3 N–H and O–H groups in total. The van der Waals surface area contributed by atoms with Gasteiger partial charge in [0.25, 0.3) is 0 Å². The first-order valence-corrected chi connectivity index (χ1v) is 4.68. The van der Waals surface area contributed by atoms with Gasteiger partial charge in [-0.1, -0.05) is 12.8 Å². The molecular weight excluding hydrogens is 170 g/mol. The van der Waals surface area contributed by atoms with Crippen molar-refractivity contribution in [3.63, 3.8) is 0 Å². The second-order valence-electron chi connectivity index (χ2n) is 3.59. The van der Waals surface area contributed by atoms with Gasteiger partial charge in [0.05, 0.1) is 6.10 Å². The minimum Gasteiger partial charge on any atom is -0.480 e. The average Bonchev–Trinajstić information content (AvgIpc) is 2.16. The maximum atomic E-state index is 10.7. The molecule has 0 aromatic carbocycles. The predicted molar refractivity (Wildman–Crippen MR) is 48.4 cm³/mol. The van der Waals surface area contributed by atoms with Gasteiger partial charge in [-0.15, -0.1) is 0 Å². The molecule has 0 aromatic rings. The molecule has 1 aliphatic carbocycles. The van der Waals surface area contributed by atoms with Crippen LogP contribution in [0, 0.1) is 5.92 Å². The van der Waals surface area contributed by atoms with E-state index in [9.17, 15) is 4.79 Å². The van der Waals surface area contributed by atoms with Crippen LogP contribution in [0.3, 0.4) is 0 Å². The fourth-order valence-electron chi connectivity index (χ4n) is 2.01. The molecule has 13 heavy (non-hydrogen) atoms. The van der Waals surface area contributed by atoms with Crippen molar-refractivity contribution in [3.8, 4) is 0 Å². The van der Waals surface area contributed by atoms with Crippen LogP contribution in [0.4, 0.5) is 0 Å². The second-order valence-corrected chi connectivity index (χ2v) is 3.59. The molecule has 0 amide bonds. The molecule has 0 aliphatic heterocycles. The molecule has 1 fully saturated rings. The van der Waals surface area contributed by atoms with Gasteiger partial charge in [-0.2, -0.15) is 0 Å². The molecule has 0 radical (unpaired) electrons. The molecule has 0 saturated heterocycles. The fraction of sp³-hybridized carbons (Fsp3) is 0.889. The summed E-state index contributed by atoms with van der Waals surface area (Å²) in [7, 11) is 1.62. The van der Waals surface area contributed by atoms with Crippen molar-refractivity contribution in [2.75, 3.05) is 7.11 Å². The number of hydrogen-bond donors (Lipinski definition) is 2. The van der Waals surface area contributed by atoms with Gasteiger partial charge in [-0.25, -0.2) is 0 Å². The van der Waals surface area contributed by atoms with Crippen molar-refractivity contribution >= 4 is 5.97 Å². The summed E-state index contributed by atoms with van der Waals surface area (Å²) in [5.41, 5.74) is 5.58. The van der Waals surface area contributed by atoms with Gasteiger partial charge in [0.15, 0.2) is 0 Å². The number of carboxylic acids is 1. The lowest BCUT2D eigenvalue weighted by Crippen LogP contribution is -2.45. The molecule has 1 saturated carbocycles. The van der Waals surface area contributed by atoms with Gasteiger partial charge < -0.3 is 15.6 Å². The first-order valence-electron chi connectivity index (χ1n) is 4.68. The molecule has 0 bridgehead atoms. The zero-order chi connectivity index (χ0) is 9.84. The third-order valence-electron chi connectivity index (χ3n) is 2.80. The van der Waals surface area contributed by atoms with E-state index in [1.54, 1.807) is 7.11 Å². The van der Waals surface area contributed by atoms with Crippen LogP contribution in [0.1, 0.15) is 25.7 Å². The zero-order valence-corrected chi connectivity index (χ0v) is 7.90. The Morgan fingerprint density at radius 2 is 2.15 bits per heavy atom. The van der Waals surface area contributed by atoms with Gasteiger partial charge in [-0.3, -0.25) is 4.79 Å². The number of carbonyl (C=O) groups is 1. The molecule has 1 rings (SSSR count). The third-order valence-corrected chi connectivity index (χ3v) is 2.80. The lowest BCUT2D eigenvalue weighted by Gasteiger charge is -2.32. The van der Waals surface area contributed by atoms with E-state index < -0.39 is 12.0 Å². The molecule has 0 spiro atoms. The van der Waals surface area contributed by atoms with E-state index in [1.807, 2.05) is 0 Å². The highest BCUT2D eigenvalue weighted by Crippen LogP contribution is 2.28. The van der Waals surface area contributed by atoms with Crippen molar-refractivity contribution in [2.45, 2.75) is 37.8 Å². The smallest absolute Gasteiger partial charge is 0.320 e. The number of ether oxygens (including phenoxy) is 1. The number of rotatable bonds is 3. The minimum absolute atomic E-state index is 0.0174. The molecule has 2 unspecified atom stereocenters. The van der Waals surface area contributed by atoms with E-state index in [0.717, 1.165) is 25.7 Å². The molecular formula is C9H17NO3. The van der Waals surface area contributed by atoms with E-state index in [2.05, 4.69) is 0 Å². The normalized spacial score (nSPS) is 31.2. The Labute approximate surface area is 78.1 Å². The van der Waals surface area contributed by atoms with Crippen LogP contribution >= 0.6 is 0 Å². The van der Waals surface area contributed by atoms with Crippen LogP contribution in [0.15, 0.2) is 0 Å². The quantitative estimate of drug-likeness (QED) is 0.678. The third kappa shape index (κ3) is 2.42. The summed E-state index contributed by atoms with van der Waals surface area (Å²) >= 11 is 0. The highest BCUT2D eigenvalue weighted by atomic mass is 16.5. The molecule has 76 valence electrons. The van der Waals surface area contributed by atoms with E-state index >= 15 is 0 Å². The summed E-state index contributed by atoms with van der Waals surface area (Å²) in [5, 5.41) is 8.77. The Hall–Kier alpha value is -0.610. The Morgan fingerprint density at radius 3 is 2.69 bits per heavy atom. The average molecular weight is 187 g/mol. The summed E-state index contributed by atoms with van der Waals surface area (Å²) in [6.07, 6.45) is 4.00. The Morgan fingerprint density at radius 1 is 1.54 bits per heavy atom. The van der Waals surface area contributed by atoms with Crippen molar-refractivity contribution in [1.82, 2.24) is 0 Å². The molecule has 4 nitrogen and oxygen atoms in total. The molecule has 0 heterocycles. The number of carboxylic acid groups (broad SMARTS) is 1. The lowest BCUT2D eigenvalue weighted by atomic mass is 9.82. The summed E-state index contributed by atoms with van der Waals surface area (Å²) in [6.45, 7) is 0. The van der Waals surface area contributed by atoms with Crippen LogP contribution in [0.5, 0.6) is 0 Å². The van der Waals surface area contributed by atoms with Gasteiger partial charge in [0.2, 0.25) is 0 Å². The zero-order valence-electron chi connectivity index (χ0n) is 7.90. The van der Waals surface area contributed by atoms with Crippen molar-refractivity contribution < 1.29 is 14.6 Å². The maximum Gasteiger partial charge on any atom is 0.320 e. The first-order chi connectivity index (χ1) is 6.16. The first kappa shape index (κ1) is 10.5. The topological polar surface area (TPSA) is 72.5 Å². The van der Waals surface area contributed by atoms with Crippen LogP contribution < -0.4 is 5.73 Å². The Bertz CT molecular complexity index is 184. The molecule has 4 heteroatoms. The van der Waals surface area contributed by atoms with Crippen molar-refractivity contribution in [2.24, 2.45) is 11.7 Å². The van der Waals surface area contributed by atoms with Gasteiger partial charge in [0.1, 0.15) is 6.04 Å². The summed E-state index contributed by atoms with van der Waals surface area (Å²) in [4.78, 5) is 10.7. The van der Waals surface area contributed by atoms with E-state index in [-0.39, 0.29) is 12.0 Å². The molecule has 3 atom stereocenters. The van der Waals surface area contributed by atoms with Crippen molar-refractivity contribution in [1.29, 1.82) is 0 Å². The predicted octanol–water partition coefficient (Wildman–Crippen LogP) is 0.603. The van der Waals surface area contributed by atoms with Crippen molar-refractivity contribution in [3.05, 3.63) is 0 Å². The Kier molecular flexibility index (Phi) is 3.69. The molecule has 1 aliphatic rings. The minimum atomic E-state index is -0.922. The van der Waals surface area contributed by atoms with Gasteiger partial charge in [0, 0.05) is 13.0 Å². The van der Waals surface area contributed by atoms with Gasteiger partial charge >= 0.3 is 5.97 Å². The summed E-state index contributed by atoms with van der Waals surface area (Å²) in [6, 6.07) is -0.773. The Balaban J connectivity index is 2.58. The number of aliphatic carboxylic acids is 1. The van der Waals surface area contributed by atoms with Crippen LogP contribution in [-0.4, -0.2) is 30.3 Å². The SMILES string of the molecule is COC1CCCCC1[C@@H](N)C(=O)O. The standard InChI is InChI=1S/C9H17NO3/c1-13-7-5-3-2-4-6(7)8(10)9(11)12/h6-8H,2-5,10H2,1H3,(H,11,12)/t6?,7?,8-/m1/s1.